The third-order valence-corrected chi connectivity index (χ3v) is 5.92. The Bertz CT molecular complexity index is 798. The number of carbonyl (C=O) groups is 1. The number of rotatable bonds is 4. The summed E-state index contributed by atoms with van der Waals surface area (Å²) in [5, 5.41) is 1.08. The van der Waals surface area contributed by atoms with Crippen LogP contribution in [-0.2, 0) is 22.6 Å². The lowest BCUT2D eigenvalue weighted by molar-refractivity contribution is -0.115. The molecule has 2 aromatic heterocycles. The zero-order valence-corrected chi connectivity index (χ0v) is 14.0. The van der Waals surface area contributed by atoms with Gasteiger partial charge in [0.15, 0.2) is 5.16 Å². The van der Waals surface area contributed by atoms with Crippen molar-refractivity contribution < 1.29 is 9.53 Å². The largest absolute Gasteiger partial charge is 0.369 e. The molecule has 1 aliphatic heterocycles. The van der Waals surface area contributed by atoms with Crippen LogP contribution in [0.5, 0.6) is 0 Å². The SMILES string of the molecule is CC[C@@]1(C)Cc2c(sc3nc(SCC(N)=O)[nH]c(=O)c23)CO1. The Morgan fingerprint density at radius 2 is 2.36 bits per heavy atom. The summed E-state index contributed by atoms with van der Waals surface area (Å²) in [6.07, 6.45) is 1.61. The first kappa shape index (κ1) is 15.5. The van der Waals surface area contributed by atoms with Crippen LogP contribution in [0.1, 0.15) is 30.7 Å². The molecule has 0 aliphatic carbocycles. The van der Waals surface area contributed by atoms with E-state index in [1.165, 1.54) is 11.3 Å². The fraction of sp³-hybridized carbons (Fsp3) is 0.500. The number of primary amides is 1. The minimum atomic E-state index is -0.440. The number of carbonyl (C=O) groups excluding carboxylic acids is 1. The van der Waals surface area contributed by atoms with E-state index in [1.807, 2.05) is 0 Å². The molecule has 0 spiro atoms. The van der Waals surface area contributed by atoms with Gasteiger partial charge in [0.2, 0.25) is 5.91 Å². The zero-order chi connectivity index (χ0) is 15.9. The molecule has 1 amide bonds. The lowest BCUT2D eigenvalue weighted by Gasteiger charge is -2.32. The fourth-order valence-electron chi connectivity index (χ4n) is 2.49. The highest BCUT2D eigenvalue weighted by Gasteiger charge is 2.32. The summed E-state index contributed by atoms with van der Waals surface area (Å²) < 4.78 is 5.92. The van der Waals surface area contributed by atoms with E-state index in [2.05, 4.69) is 23.8 Å². The van der Waals surface area contributed by atoms with Crippen molar-refractivity contribution in [2.24, 2.45) is 5.73 Å². The zero-order valence-electron chi connectivity index (χ0n) is 12.4. The van der Waals surface area contributed by atoms with Gasteiger partial charge in [0.05, 0.1) is 23.3 Å². The Kier molecular flexibility index (Phi) is 4.00. The van der Waals surface area contributed by atoms with Crippen LogP contribution in [-0.4, -0.2) is 27.2 Å². The number of hydrogen-bond donors (Lipinski definition) is 2. The van der Waals surface area contributed by atoms with Crippen LogP contribution in [0, 0.1) is 0 Å². The number of aromatic nitrogens is 2. The number of nitrogens with one attached hydrogen (secondary N) is 1. The second-order valence-corrected chi connectivity index (χ2v) is 7.63. The highest BCUT2D eigenvalue weighted by Crippen LogP contribution is 2.38. The summed E-state index contributed by atoms with van der Waals surface area (Å²) in [4.78, 5) is 32.2. The van der Waals surface area contributed by atoms with Crippen molar-refractivity contribution in [1.29, 1.82) is 0 Å². The molecule has 3 rings (SSSR count). The second-order valence-electron chi connectivity index (χ2n) is 5.58. The van der Waals surface area contributed by atoms with Crippen molar-refractivity contribution in [1.82, 2.24) is 9.97 Å². The number of nitrogens with two attached hydrogens (primary N) is 1. The van der Waals surface area contributed by atoms with E-state index in [1.54, 1.807) is 0 Å². The quantitative estimate of drug-likeness (QED) is 0.654. The van der Waals surface area contributed by atoms with Crippen molar-refractivity contribution in [2.75, 3.05) is 5.75 Å². The third-order valence-electron chi connectivity index (χ3n) is 3.92. The van der Waals surface area contributed by atoms with E-state index in [-0.39, 0.29) is 16.9 Å². The van der Waals surface area contributed by atoms with E-state index in [0.717, 1.165) is 35.0 Å². The smallest absolute Gasteiger partial charge is 0.260 e. The standard InChI is InChI=1S/C14H17N3O3S2/c1-3-14(2)4-7-8(5-20-14)22-12-10(7)11(19)16-13(17-12)21-6-9(15)18/h3-6H2,1-2H3,(H2,15,18)(H,16,17,19)/t14-/m0/s1. The predicted molar refractivity (Wildman–Crippen MR) is 87.3 cm³/mol. The van der Waals surface area contributed by atoms with Gasteiger partial charge < -0.3 is 15.5 Å². The molecule has 0 saturated carbocycles. The second kappa shape index (κ2) is 5.68. The number of nitrogens with zero attached hydrogens (tertiary/aromatic N) is 1. The Hall–Kier alpha value is -1.38. The molecule has 1 aliphatic rings. The minimum absolute atomic E-state index is 0.0938. The lowest BCUT2D eigenvalue weighted by atomic mass is 9.90. The Labute approximate surface area is 135 Å². The van der Waals surface area contributed by atoms with Gasteiger partial charge in [-0.2, -0.15) is 0 Å². The van der Waals surface area contributed by atoms with E-state index >= 15 is 0 Å². The van der Waals surface area contributed by atoms with E-state index < -0.39 is 5.91 Å². The molecule has 0 saturated heterocycles. The molecule has 0 radical (unpaired) electrons. The number of thioether (sulfide) groups is 1. The van der Waals surface area contributed by atoms with Gasteiger partial charge in [0.1, 0.15) is 4.83 Å². The van der Waals surface area contributed by atoms with Gasteiger partial charge in [0.25, 0.3) is 5.56 Å². The van der Waals surface area contributed by atoms with Gasteiger partial charge in [-0.1, -0.05) is 18.7 Å². The van der Waals surface area contributed by atoms with Crippen molar-refractivity contribution in [3.63, 3.8) is 0 Å². The molecule has 0 bridgehead atoms. The van der Waals surface area contributed by atoms with Gasteiger partial charge >= 0.3 is 0 Å². The number of thiophene rings is 1. The van der Waals surface area contributed by atoms with E-state index in [9.17, 15) is 9.59 Å². The average molecular weight is 339 g/mol. The Morgan fingerprint density at radius 3 is 3.05 bits per heavy atom. The molecular formula is C14H17N3O3S2. The Balaban J connectivity index is 2.04. The minimum Gasteiger partial charge on any atom is -0.369 e. The van der Waals surface area contributed by atoms with Crippen LogP contribution < -0.4 is 11.3 Å². The highest BCUT2D eigenvalue weighted by atomic mass is 32.2. The number of H-pyrrole nitrogens is 1. The van der Waals surface area contributed by atoms with Crippen molar-refractivity contribution in [2.45, 2.75) is 44.1 Å². The summed E-state index contributed by atoms with van der Waals surface area (Å²) >= 11 is 2.63. The number of fused-ring (bicyclic) bond motifs is 3. The molecule has 3 heterocycles. The monoisotopic (exact) mass is 339 g/mol. The van der Waals surface area contributed by atoms with Crippen molar-refractivity contribution in [3.8, 4) is 0 Å². The molecule has 118 valence electrons. The van der Waals surface area contributed by atoms with Gasteiger partial charge in [-0.15, -0.1) is 11.3 Å². The first-order valence-electron chi connectivity index (χ1n) is 7.01. The van der Waals surface area contributed by atoms with Crippen LogP contribution in [0.15, 0.2) is 9.95 Å². The highest BCUT2D eigenvalue weighted by molar-refractivity contribution is 7.99. The first-order valence-corrected chi connectivity index (χ1v) is 8.81. The molecule has 2 aromatic rings. The summed E-state index contributed by atoms with van der Waals surface area (Å²) in [6, 6.07) is 0. The maximum atomic E-state index is 12.4. The van der Waals surface area contributed by atoms with Gasteiger partial charge in [-0.3, -0.25) is 9.59 Å². The maximum absolute atomic E-state index is 12.4. The van der Waals surface area contributed by atoms with Crippen LogP contribution >= 0.6 is 23.1 Å². The molecule has 3 N–H and O–H groups in total. The summed E-state index contributed by atoms with van der Waals surface area (Å²) in [5.41, 5.74) is 5.79. The van der Waals surface area contributed by atoms with Crippen molar-refractivity contribution >= 4 is 39.2 Å². The van der Waals surface area contributed by atoms with Crippen molar-refractivity contribution in [3.05, 3.63) is 20.8 Å². The summed E-state index contributed by atoms with van der Waals surface area (Å²) in [5.74, 6) is -0.346. The van der Waals surface area contributed by atoms with E-state index in [0.29, 0.717) is 22.0 Å². The molecule has 8 heteroatoms. The summed E-state index contributed by atoms with van der Waals surface area (Å²) in [6.45, 7) is 4.67. The maximum Gasteiger partial charge on any atom is 0.260 e. The molecule has 0 aromatic carbocycles. The number of hydrogen-bond acceptors (Lipinski definition) is 6. The Morgan fingerprint density at radius 1 is 1.59 bits per heavy atom. The molecular weight excluding hydrogens is 322 g/mol. The van der Waals surface area contributed by atoms with Crippen LogP contribution in [0.25, 0.3) is 10.2 Å². The molecule has 22 heavy (non-hydrogen) atoms. The fourth-order valence-corrected chi connectivity index (χ4v) is 4.25. The number of aromatic amines is 1. The van der Waals surface area contributed by atoms with Gasteiger partial charge in [-0.05, 0) is 18.9 Å². The lowest BCUT2D eigenvalue weighted by Crippen LogP contribution is -2.34. The third kappa shape index (κ3) is 2.78. The van der Waals surface area contributed by atoms with Gasteiger partial charge in [-0.25, -0.2) is 4.98 Å². The van der Waals surface area contributed by atoms with E-state index in [4.69, 9.17) is 10.5 Å². The molecule has 0 fully saturated rings. The average Bonchev–Trinajstić information content (AvgIpc) is 2.83. The molecule has 1 atom stereocenters. The van der Waals surface area contributed by atoms with Crippen LogP contribution in [0.3, 0.4) is 0 Å². The summed E-state index contributed by atoms with van der Waals surface area (Å²) in [7, 11) is 0. The molecule has 0 unspecified atom stereocenters. The number of amides is 1. The molecule has 6 nitrogen and oxygen atoms in total. The van der Waals surface area contributed by atoms with Gasteiger partial charge in [0, 0.05) is 11.3 Å². The van der Waals surface area contributed by atoms with Crippen LogP contribution in [0.4, 0.5) is 0 Å². The normalized spacial score (nSPS) is 21.0. The van der Waals surface area contributed by atoms with Crippen LogP contribution in [0.2, 0.25) is 0 Å². The first-order chi connectivity index (χ1) is 10.4. The topological polar surface area (TPSA) is 98.1 Å². The number of ether oxygens (including phenoxy) is 1. The predicted octanol–water partition coefficient (Wildman–Crippen LogP) is 1.80.